The number of hydrogen-bond donors (Lipinski definition) is 0. The van der Waals surface area contributed by atoms with Crippen molar-refractivity contribution in [1.29, 1.82) is 0 Å². The lowest BCUT2D eigenvalue weighted by Gasteiger charge is -2.50. The number of ether oxygens (including phenoxy) is 8. The van der Waals surface area contributed by atoms with Crippen molar-refractivity contribution in [2.45, 2.75) is 509 Å². The van der Waals surface area contributed by atoms with Gasteiger partial charge in [0.1, 0.15) is 0 Å². The van der Waals surface area contributed by atoms with Crippen LogP contribution in [0.25, 0.3) is 0 Å². The lowest BCUT2D eigenvalue weighted by Crippen LogP contribution is -2.41. The van der Waals surface area contributed by atoms with Gasteiger partial charge in [-0.2, -0.15) is 0 Å². The molecule has 0 saturated heterocycles. The van der Waals surface area contributed by atoms with Crippen LogP contribution in [0, 0.1) is 67.0 Å². The van der Waals surface area contributed by atoms with Crippen molar-refractivity contribution >= 4 is 47.8 Å². The Labute approximate surface area is 899 Å². The highest BCUT2D eigenvalue weighted by atomic mass is 16.6. The Hall–Kier alpha value is -8.14. The maximum absolute atomic E-state index is 12.6. The summed E-state index contributed by atoms with van der Waals surface area (Å²) in [5.41, 5.74) is 14.4. The zero-order chi connectivity index (χ0) is 113. The van der Waals surface area contributed by atoms with Gasteiger partial charge in [0, 0.05) is 48.6 Å². The number of benzene rings is 1. The highest BCUT2D eigenvalue weighted by Gasteiger charge is 2.49. The number of allylic oxidation sites excluding steroid dienone is 16. The van der Waals surface area contributed by atoms with Gasteiger partial charge in [-0.3, -0.25) is 0 Å². The molecular weight excluding hydrogens is 1830 g/mol. The Kier molecular flexibility index (Phi) is 58.4. The van der Waals surface area contributed by atoms with Gasteiger partial charge < -0.3 is 37.9 Å². The van der Waals surface area contributed by atoms with Gasteiger partial charge in [-0.25, -0.2) is 38.4 Å². The van der Waals surface area contributed by atoms with E-state index in [0.717, 1.165) is 209 Å². The van der Waals surface area contributed by atoms with E-state index in [9.17, 15) is 38.4 Å². The monoisotopic (exact) mass is 2050 g/mol. The Morgan fingerprint density at radius 3 is 0.626 bits per heavy atom. The van der Waals surface area contributed by atoms with Crippen LogP contribution in [0.3, 0.4) is 0 Å². The zero-order valence-electron chi connectivity index (χ0n) is 102. The highest BCUT2D eigenvalue weighted by Crippen LogP contribution is 2.58. The fourth-order valence-electron chi connectivity index (χ4n) is 23.6. The number of hydrogen-bond acceptors (Lipinski definition) is 16. The second-order valence-corrected chi connectivity index (χ2v) is 53.1. The van der Waals surface area contributed by atoms with Crippen LogP contribution in [0.15, 0.2) is 154 Å². The molecule has 0 saturated carbocycles. The molecule has 0 aliphatic rings. The molecule has 0 N–H and O–H groups in total. The van der Waals surface area contributed by atoms with E-state index in [2.05, 4.69) is 329 Å². The molecule has 0 amide bonds. The Morgan fingerprint density at radius 1 is 0.252 bits per heavy atom. The lowest BCUT2D eigenvalue weighted by atomic mass is 9.54. The molecular formula is C131H216O16. The van der Waals surface area contributed by atoms with E-state index in [0.29, 0.717) is 49.4 Å². The molecule has 12 atom stereocenters. The van der Waals surface area contributed by atoms with Crippen LogP contribution in [-0.2, 0) is 97.9 Å². The van der Waals surface area contributed by atoms with E-state index < -0.39 is 47.8 Å². The fourth-order valence-corrected chi connectivity index (χ4v) is 23.6. The summed E-state index contributed by atoms with van der Waals surface area (Å²) >= 11 is 0. The highest BCUT2D eigenvalue weighted by molar-refractivity contribution is 5.93. The predicted octanol–water partition coefficient (Wildman–Crippen LogP) is 35.1. The van der Waals surface area contributed by atoms with Crippen molar-refractivity contribution in [3.8, 4) is 0 Å². The van der Waals surface area contributed by atoms with Crippen molar-refractivity contribution in [3.63, 3.8) is 0 Å². The van der Waals surface area contributed by atoms with Crippen LogP contribution in [0.4, 0.5) is 0 Å². The third kappa shape index (κ3) is 56.2. The Balaban J connectivity index is 5.25. The first-order chi connectivity index (χ1) is 67.5. The Morgan fingerprint density at radius 2 is 0.429 bits per heavy atom. The summed E-state index contributed by atoms with van der Waals surface area (Å²) in [5.74, 6) is -3.02. The van der Waals surface area contributed by atoms with Gasteiger partial charge in [0.2, 0.25) is 0 Å². The van der Waals surface area contributed by atoms with E-state index in [1.54, 1.807) is 22.3 Å². The smallest absolute Gasteiger partial charge is 0.331 e. The molecule has 0 aromatic heterocycles. The minimum absolute atomic E-state index is 0.0236. The average molecular weight is 2050 g/mol. The van der Waals surface area contributed by atoms with E-state index in [1.807, 2.05) is 27.7 Å². The minimum atomic E-state index is -0.604. The van der Waals surface area contributed by atoms with Crippen molar-refractivity contribution in [1.82, 2.24) is 0 Å². The maximum atomic E-state index is 12.6. The second kappa shape index (κ2) is 62.7. The molecule has 0 bridgehead atoms. The molecule has 0 aliphatic heterocycles. The standard InChI is InChI=1S/C131H216O16/c1-45-92(5)84-128(37,88-121(23,24)71-66-100(13)77-120(21,22)70-65-96(9)49-53-104(17)144-116(136)61-57-112(132)140-41)108-75-110(130(39,86-94(7)47-3)90-123(27,28)73-68-102(15)82-126(33,34)79-98(11)51-55-106(19)146-118(138)63-59-114(134)142-43)111(131(40,87-95(8)48-4)91-124(29,30)74-69-103(16)83-127(35,36)80-99(12)52-56-107(20)147-119(139)64-60-115(135)143-44)76-109(108)129(38,85-93(6)46-2)89-122(25,26)72-67-101(14)81-125(31,32)78-97(10)50-54-105(18)145-117(137)62-58-113(133)141-42/h57-69,75-76,78-80,92-95,104-107H,45-56,70-74,77,81-91H2,1-44H3/b61-57-,62-58-,63-59-,64-60-,96-65+,97-78+,98-79+,99-80+,100-66+,101-67+,102-68+,103-69+. The van der Waals surface area contributed by atoms with Crippen LogP contribution >= 0.6 is 0 Å². The van der Waals surface area contributed by atoms with Crippen LogP contribution in [0.2, 0.25) is 0 Å². The molecule has 1 aromatic carbocycles. The zero-order valence-corrected chi connectivity index (χ0v) is 102. The first-order valence-corrected chi connectivity index (χ1v) is 56.0. The quantitative estimate of drug-likeness (QED) is 0.0257. The van der Waals surface area contributed by atoms with Gasteiger partial charge in [-0.1, -0.05) is 325 Å². The number of esters is 8. The predicted molar refractivity (Wildman–Crippen MR) is 616 cm³/mol. The average Bonchev–Trinajstić information content (AvgIpc) is 0.716. The summed E-state index contributed by atoms with van der Waals surface area (Å²) in [5, 5.41) is 0. The third-order valence-electron chi connectivity index (χ3n) is 30.4. The largest absolute Gasteiger partial charge is 0.466 e. The van der Waals surface area contributed by atoms with Gasteiger partial charge in [-0.05, 0) is 355 Å². The minimum Gasteiger partial charge on any atom is -0.466 e. The van der Waals surface area contributed by atoms with E-state index in [-0.39, 0.29) is 89.4 Å². The lowest BCUT2D eigenvalue weighted by molar-refractivity contribution is -0.143. The van der Waals surface area contributed by atoms with Crippen LogP contribution in [0.1, 0.15) is 485 Å². The summed E-state index contributed by atoms with van der Waals surface area (Å²) < 4.78 is 41.3. The molecule has 836 valence electrons. The van der Waals surface area contributed by atoms with Crippen LogP contribution in [-0.4, -0.2) is 101 Å². The normalized spacial score (nSPS) is 17.3. The summed E-state index contributed by atoms with van der Waals surface area (Å²) in [4.78, 5) is 97.4. The number of methoxy groups -OCH3 is 4. The molecule has 0 fully saturated rings. The molecule has 16 heteroatoms. The molecule has 147 heavy (non-hydrogen) atoms. The third-order valence-corrected chi connectivity index (χ3v) is 30.4. The van der Waals surface area contributed by atoms with E-state index >= 15 is 0 Å². The van der Waals surface area contributed by atoms with Crippen molar-refractivity contribution < 1.29 is 76.3 Å². The summed E-state index contributed by atoms with van der Waals surface area (Å²) in [6, 6.07) is 5.96. The number of carbonyl (C=O) groups excluding carboxylic acids is 8. The molecule has 16 nitrogen and oxygen atoms in total. The molecule has 0 heterocycles. The molecule has 0 aliphatic carbocycles. The second-order valence-electron chi connectivity index (χ2n) is 53.1. The van der Waals surface area contributed by atoms with Crippen LogP contribution in [0.5, 0.6) is 0 Å². The van der Waals surface area contributed by atoms with Crippen molar-refractivity contribution in [2.75, 3.05) is 28.4 Å². The maximum Gasteiger partial charge on any atom is 0.331 e. The van der Waals surface area contributed by atoms with E-state index in [4.69, 9.17) is 18.9 Å². The topological polar surface area (TPSA) is 210 Å². The van der Waals surface area contributed by atoms with Gasteiger partial charge in [0.05, 0.1) is 52.9 Å². The summed E-state index contributed by atoms with van der Waals surface area (Å²) in [6.45, 7) is 95.7. The van der Waals surface area contributed by atoms with Gasteiger partial charge in [0.25, 0.3) is 0 Å². The molecule has 0 radical (unpaired) electrons. The van der Waals surface area contributed by atoms with Gasteiger partial charge >= 0.3 is 47.8 Å². The first-order valence-electron chi connectivity index (χ1n) is 56.0. The molecule has 12 unspecified atom stereocenters. The van der Waals surface area contributed by atoms with Crippen LogP contribution < -0.4 is 0 Å². The molecule has 1 aromatic rings. The van der Waals surface area contributed by atoms with Gasteiger partial charge in [0.15, 0.2) is 0 Å². The molecule has 0 spiro atoms. The summed E-state index contributed by atoms with van der Waals surface area (Å²) in [7, 11) is 5.12. The van der Waals surface area contributed by atoms with Crippen molar-refractivity contribution in [3.05, 3.63) is 176 Å². The number of rotatable bonds is 69. The SMILES string of the molecule is CCC(C)CC(C)(CC(C)(C)C/C=C(\C)CC(C)(C)/C=C(\C)CCC(C)OC(=O)/C=C\C(=O)OC)c1cc(C(C)(CC(C)CC)CC(C)(C)C/C=C(\C)CC(C)(C)/C=C(\C)CCC(C)OC(=O)/C=C\C(=O)OC)c(C(C)(CC(C)CC)CC(C)(C)C/C=C(\C)CC(C)(C)C/C=C(\C)CCC(C)OC(=O)/C=C\C(=O)OC)cc1C(C)(CC(C)CC)CC(C)(C)C/C=C(\C)CC(C)(C)/C=C(\C)CCC(C)OC(=O)/C=C\C(=O)OC. The Bertz CT molecular complexity index is 4720. The molecule has 1 rings (SSSR count). The van der Waals surface area contributed by atoms with E-state index in [1.165, 1.54) is 73.0 Å². The summed E-state index contributed by atoms with van der Waals surface area (Å²) in [6.07, 6.45) is 53.6. The number of carbonyl (C=O) groups is 8. The first kappa shape index (κ1) is 137. The van der Waals surface area contributed by atoms with Gasteiger partial charge in [-0.15, -0.1) is 0 Å². The van der Waals surface area contributed by atoms with Crippen molar-refractivity contribution in [2.24, 2.45) is 67.0 Å². The fraction of sp³-hybridized carbons (Fsp3) is 0.710.